The fourth-order valence-electron chi connectivity index (χ4n) is 3.13. The van der Waals surface area contributed by atoms with E-state index in [9.17, 15) is 4.79 Å². The van der Waals surface area contributed by atoms with Crippen molar-refractivity contribution in [3.05, 3.63) is 36.2 Å². The van der Waals surface area contributed by atoms with E-state index >= 15 is 0 Å². The average molecular weight is 414 g/mol. The maximum atomic E-state index is 12.3. The van der Waals surface area contributed by atoms with E-state index in [0.29, 0.717) is 5.75 Å². The molecular weight excluding hydrogens is 390 g/mol. The Morgan fingerprint density at radius 3 is 2.75 bits per heavy atom. The summed E-state index contributed by atoms with van der Waals surface area (Å²) in [5, 5.41) is 4.75. The summed E-state index contributed by atoms with van der Waals surface area (Å²) in [6.07, 6.45) is 3.93. The Hall–Kier alpha value is -2.19. The van der Waals surface area contributed by atoms with Gasteiger partial charge < -0.3 is 10.2 Å². The molecule has 2 aromatic heterocycles. The predicted octanol–water partition coefficient (Wildman–Crippen LogP) is 4.36. The minimum absolute atomic E-state index is 0.0460. The number of amides is 1. The van der Waals surface area contributed by atoms with Crippen LogP contribution in [0.1, 0.15) is 25.3 Å². The Balaban J connectivity index is 1.43. The van der Waals surface area contributed by atoms with Gasteiger partial charge in [0.15, 0.2) is 10.8 Å². The van der Waals surface area contributed by atoms with Crippen molar-refractivity contribution < 1.29 is 4.79 Å². The number of aromatic nitrogens is 3. The summed E-state index contributed by atoms with van der Waals surface area (Å²) >= 11 is 3.06. The van der Waals surface area contributed by atoms with Crippen LogP contribution < -0.4 is 10.2 Å². The van der Waals surface area contributed by atoms with Crippen molar-refractivity contribution in [1.82, 2.24) is 15.0 Å². The molecular formula is C20H23N5OS2. The van der Waals surface area contributed by atoms with Crippen molar-refractivity contribution in [3.63, 3.8) is 0 Å². The SMILES string of the molecule is Cc1ccc(NC(=O)CSc2ncnc3nc(N4CCC(C)CC4)sc23)cc1. The molecule has 6 nitrogen and oxygen atoms in total. The molecule has 1 amide bonds. The number of nitrogens with zero attached hydrogens (tertiary/aromatic N) is 4. The largest absolute Gasteiger partial charge is 0.348 e. The lowest BCUT2D eigenvalue weighted by atomic mass is 10.00. The first-order chi connectivity index (χ1) is 13.6. The zero-order valence-corrected chi connectivity index (χ0v) is 17.6. The van der Waals surface area contributed by atoms with Crippen molar-refractivity contribution in [1.29, 1.82) is 0 Å². The maximum absolute atomic E-state index is 12.3. The number of aryl methyl sites for hydroxylation is 1. The minimum atomic E-state index is -0.0460. The topological polar surface area (TPSA) is 71.0 Å². The summed E-state index contributed by atoms with van der Waals surface area (Å²) in [6.45, 7) is 6.40. The van der Waals surface area contributed by atoms with Crippen LogP contribution in [0.15, 0.2) is 35.6 Å². The van der Waals surface area contributed by atoms with Gasteiger partial charge in [0, 0.05) is 18.8 Å². The smallest absolute Gasteiger partial charge is 0.234 e. The molecule has 0 aliphatic carbocycles. The highest BCUT2D eigenvalue weighted by molar-refractivity contribution is 8.00. The van der Waals surface area contributed by atoms with Crippen LogP contribution in [0.4, 0.5) is 10.8 Å². The standard InChI is InChI=1S/C20H23N5OS2/c1-13-3-5-15(6-4-13)23-16(26)11-27-19-17-18(21-12-22-19)24-20(28-17)25-9-7-14(2)8-10-25/h3-6,12,14H,7-11H2,1-2H3,(H,23,26). The molecule has 1 aromatic carbocycles. The van der Waals surface area contributed by atoms with Gasteiger partial charge in [0.05, 0.1) is 5.75 Å². The van der Waals surface area contributed by atoms with E-state index in [0.717, 1.165) is 45.2 Å². The summed E-state index contributed by atoms with van der Waals surface area (Å²) < 4.78 is 0.962. The number of hydrogen-bond donors (Lipinski definition) is 1. The fourth-order valence-corrected chi connectivity index (χ4v) is 5.07. The summed E-state index contributed by atoms with van der Waals surface area (Å²) in [4.78, 5) is 28.1. The number of piperidine rings is 1. The number of nitrogens with one attached hydrogen (secondary N) is 1. The van der Waals surface area contributed by atoms with E-state index in [4.69, 9.17) is 4.98 Å². The van der Waals surface area contributed by atoms with Crippen LogP contribution in [-0.2, 0) is 4.79 Å². The molecule has 0 saturated carbocycles. The number of carbonyl (C=O) groups is 1. The Morgan fingerprint density at radius 1 is 1.25 bits per heavy atom. The van der Waals surface area contributed by atoms with Gasteiger partial charge in [0.1, 0.15) is 16.1 Å². The first kappa shape index (κ1) is 19.1. The van der Waals surface area contributed by atoms with E-state index in [2.05, 4.69) is 27.1 Å². The number of hydrogen-bond acceptors (Lipinski definition) is 7. The van der Waals surface area contributed by atoms with Gasteiger partial charge in [-0.05, 0) is 37.8 Å². The second-order valence-electron chi connectivity index (χ2n) is 7.20. The van der Waals surface area contributed by atoms with Gasteiger partial charge in [0.2, 0.25) is 5.91 Å². The van der Waals surface area contributed by atoms with Gasteiger partial charge in [0.25, 0.3) is 0 Å². The van der Waals surface area contributed by atoms with Crippen molar-refractivity contribution >= 4 is 50.2 Å². The molecule has 0 atom stereocenters. The van der Waals surface area contributed by atoms with Crippen LogP contribution >= 0.6 is 23.1 Å². The van der Waals surface area contributed by atoms with Gasteiger partial charge in [-0.2, -0.15) is 4.98 Å². The molecule has 28 heavy (non-hydrogen) atoms. The number of thioether (sulfide) groups is 1. The van der Waals surface area contributed by atoms with Gasteiger partial charge in [-0.25, -0.2) is 9.97 Å². The Labute approximate surface area is 172 Å². The molecule has 3 aromatic rings. The van der Waals surface area contributed by atoms with Crippen molar-refractivity contribution in [2.24, 2.45) is 5.92 Å². The van der Waals surface area contributed by atoms with Crippen molar-refractivity contribution in [3.8, 4) is 0 Å². The number of fused-ring (bicyclic) bond motifs is 1. The van der Waals surface area contributed by atoms with Gasteiger partial charge in [-0.15, -0.1) is 0 Å². The highest BCUT2D eigenvalue weighted by Gasteiger charge is 2.20. The Morgan fingerprint density at radius 2 is 2.00 bits per heavy atom. The molecule has 0 spiro atoms. The molecule has 1 saturated heterocycles. The Kier molecular flexibility index (Phi) is 5.77. The second-order valence-corrected chi connectivity index (χ2v) is 9.14. The summed E-state index contributed by atoms with van der Waals surface area (Å²) in [7, 11) is 0. The van der Waals surface area contributed by atoms with E-state index in [1.165, 1.54) is 36.5 Å². The predicted molar refractivity (Wildman–Crippen MR) is 116 cm³/mol. The lowest BCUT2D eigenvalue weighted by Gasteiger charge is -2.29. The van der Waals surface area contributed by atoms with Crippen molar-refractivity contribution in [2.45, 2.75) is 31.7 Å². The molecule has 0 radical (unpaired) electrons. The average Bonchev–Trinajstić information content (AvgIpc) is 3.13. The molecule has 1 aliphatic heterocycles. The fraction of sp³-hybridized carbons (Fsp3) is 0.400. The van der Waals surface area contributed by atoms with E-state index in [-0.39, 0.29) is 5.91 Å². The van der Waals surface area contributed by atoms with Crippen LogP contribution in [0, 0.1) is 12.8 Å². The first-order valence-electron chi connectivity index (χ1n) is 9.44. The third-order valence-corrected chi connectivity index (χ3v) is 7.11. The lowest BCUT2D eigenvalue weighted by molar-refractivity contribution is -0.113. The van der Waals surface area contributed by atoms with Gasteiger partial charge >= 0.3 is 0 Å². The minimum Gasteiger partial charge on any atom is -0.348 e. The number of rotatable bonds is 5. The molecule has 3 heterocycles. The number of anilines is 2. The molecule has 8 heteroatoms. The third-order valence-electron chi connectivity index (χ3n) is 4.88. The quantitative estimate of drug-likeness (QED) is 0.495. The number of thiazole rings is 1. The van der Waals surface area contributed by atoms with Crippen LogP contribution in [-0.4, -0.2) is 39.7 Å². The summed E-state index contributed by atoms with van der Waals surface area (Å²) in [5.41, 5.74) is 2.69. The number of carbonyl (C=O) groups excluding carboxylic acids is 1. The van der Waals surface area contributed by atoms with Crippen LogP contribution in [0.5, 0.6) is 0 Å². The molecule has 146 valence electrons. The normalized spacial score (nSPS) is 15.1. The number of benzene rings is 1. The molecule has 0 bridgehead atoms. The molecule has 4 rings (SSSR count). The monoisotopic (exact) mass is 413 g/mol. The highest BCUT2D eigenvalue weighted by Crippen LogP contribution is 2.35. The van der Waals surface area contributed by atoms with Crippen LogP contribution in [0.2, 0.25) is 0 Å². The first-order valence-corrected chi connectivity index (χ1v) is 11.2. The van der Waals surface area contributed by atoms with Gasteiger partial charge in [-0.1, -0.05) is 47.7 Å². The molecule has 1 fully saturated rings. The van der Waals surface area contributed by atoms with E-state index in [1.54, 1.807) is 11.3 Å². The third kappa shape index (κ3) is 4.44. The summed E-state index contributed by atoms with van der Waals surface area (Å²) in [5.74, 6) is 1.04. The highest BCUT2D eigenvalue weighted by atomic mass is 32.2. The van der Waals surface area contributed by atoms with E-state index in [1.807, 2.05) is 31.2 Å². The van der Waals surface area contributed by atoms with Crippen molar-refractivity contribution in [2.75, 3.05) is 29.1 Å². The Bertz CT molecular complexity index is 964. The van der Waals surface area contributed by atoms with Gasteiger partial charge in [-0.3, -0.25) is 4.79 Å². The molecule has 0 unspecified atom stereocenters. The molecule has 1 aliphatic rings. The maximum Gasteiger partial charge on any atom is 0.234 e. The van der Waals surface area contributed by atoms with E-state index < -0.39 is 0 Å². The lowest BCUT2D eigenvalue weighted by Crippen LogP contribution is -2.32. The zero-order chi connectivity index (χ0) is 19.5. The second kappa shape index (κ2) is 8.45. The van der Waals surface area contributed by atoms with Crippen LogP contribution in [0.25, 0.3) is 10.3 Å². The molecule has 1 N–H and O–H groups in total. The van der Waals surface area contributed by atoms with Crippen LogP contribution in [0.3, 0.4) is 0 Å². The zero-order valence-electron chi connectivity index (χ0n) is 16.0. The summed E-state index contributed by atoms with van der Waals surface area (Å²) in [6, 6.07) is 7.79.